The van der Waals surface area contributed by atoms with Crippen LogP contribution in [0.15, 0.2) is 0 Å². The fourth-order valence-electron chi connectivity index (χ4n) is 0.415. The van der Waals surface area contributed by atoms with Gasteiger partial charge in [-0.1, -0.05) is 0 Å². The average molecular weight is 138 g/mol. The Balaban J connectivity index is 3.39. The average Bonchev–Trinajstić information content (AvgIpc) is 1.63. The predicted molar refractivity (Wildman–Crippen MR) is 32.0 cm³/mol. The molecule has 4 heteroatoms. The molecule has 3 nitrogen and oxygen atoms in total. The van der Waals surface area contributed by atoms with E-state index >= 15 is 0 Å². The van der Waals surface area contributed by atoms with Crippen molar-refractivity contribution in [3.8, 4) is 0 Å². The zero-order chi connectivity index (χ0) is 7.28. The molecule has 0 unspecified atom stereocenters. The quantitative estimate of drug-likeness (QED) is 0.303. The van der Waals surface area contributed by atoms with Gasteiger partial charge in [-0.25, -0.2) is 0 Å². The van der Waals surface area contributed by atoms with Crippen molar-refractivity contribution in [3.05, 3.63) is 0 Å². The zero-order valence-corrected chi connectivity index (χ0v) is 7.64. The first-order valence-electron chi connectivity index (χ1n) is 2.82. The molecule has 0 bridgehead atoms. The van der Waals surface area contributed by atoms with Gasteiger partial charge in [0.05, 0.1) is 0 Å². The number of ketones is 1. The standard InChI is InChI=1S/C5H7O3.Na/c1-4(6)3-5(7)8-2;/h2-3H2,1H3;. The molecule has 0 rings (SSSR count). The molecule has 0 spiro atoms. The molecule has 0 aliphatic rings. The van der Waals surface area contributed by atoms with Gasteiger partial charge in [0, 0.05) is 0 Å². The van der Waals surface area contributed by atoms with Crippen LogP contribution in [-0.4, -0.2) is 43.5 Å². The molecule has 0 radical (unpaired) electrons. The normalized spacial score (nSPS) is 8.78. The molecule has 0 saturated heterocycles. The first-order chi connectivity index (χ1) is 4.16. The van der Waals surface area contributed by atoms with Crippen LogP contribution in [0.4, 0.5) is 0 Å². The van der Waals surface area contributed by atoms with Crippen molar-refractivity contribution in [1.82, 2.24) is 0 Å². The summed E-state index contributed by atoms with van der Waals surface area (Å²) in [6, 6.07) is 0. The van der Waals surface area contributed by atoms with Gasteiger partial charge in [0.1, 0.15) is 0 Å². The number of ether oxygens (including phenoxy) is 1. The summed E-state index contributed by atoms with van der Waals surface area (Å²) < 4.78 is 5.03. The molecule has 0 aliphatic heterocycles. The van der Waals surface area contributed by atoms with Crippen molar-refractivity contribution < 1.29 is 14.3 Å². The third-order valence-electron chi connectivity index (χ3n) is 0.699. The second-order valence-corrected chi connectivity index (χ2v) is 2.26. The Morgan fingerprint density at radius 2 is 2.11 bits per heavy atom. The van der Waals surface area contributed by atoms with Gasteiger partial charge in [0.15, 0.2) is 0 Å². The van der Waals surface area contributed by atoms with E-state index < -0.39 is 5.97 Å². The molecule has 0 saturated carbocycles. The monoisotopic (exact) mass is 138 g/mol. The van der Waals surface area contributed by atoms with Gasteiger partial charge >= 0.3 is 71.2 Å². The number of hydrogen-bond acceptors (Lipinski definition) is 3. The molecule has 0 fully saturated rings. The van der Waals surface area contributed by atoms with E-state index in [0.29, 0.717) is 3.86 Å². The minimum absolute atomic E-state index is 0.0811. The van der Waals surface area contributed by atoms with E-state index in [-0.39, 0.29) is 12.2 Å². The van der Waals surface area contributed by atoms with E-state index in [1.54, 1.807) is 0 Å². The van der Waals surface area contributed by atoms with Crippen molar-refractivity contribution in [1.29, 1.82) is 0 Å². The van der Waals surface area contributed by atoms with Crippen LogP contribution in [0.3, 0.4) is 0 Å². The molecular weight excluding hydrogens is 131 g/mol. The van der Waals surface area contributed by atoms with Gasteiger partial charge in [-0.3, -0.25) is 0 Å². The van der Waals surface area contributed by atoms with E-state index in [2.05, 4.69) is 4.74 Å². The Morgan fingerprint density at radius 1 is 1.56 bits per heavy atom. The topological polar surface area (TPSA) is 43.4 Å². The van der Waals surface area contributed by atoms with Gasteiger partial charge in [0.2, 0.25) is 0 Å². The summed E-state index contributed by atoms with van der Waals surface area (Å²) in [6.45, 7) is 1.37. The van der Waals surface area contributed by atoms with Crippen molar-refractivity contribution in [2.24, 2.45) is 0 Å². The maximum absolute atomic E-state index is 10.4. The Labute approximate surface area is 71.2 Å². The summed E-state index contributed by atoms with van der Waals surface area (Å²) in [5, 5.41) is 0. The first-order valence-corrected chi connectivity index (χ1v) is 4.23. The Bertz CT molecular complexity index is 121. The molecule has 0 aromatic heterocycles. The molecule has 0 heterocycles. The fraction of sp³-hybridized carbons (Fsp3) is 0.600. The molecule has 0 N–H and O–H groups in total. The summed E-state index contributed by atoms with van der Waals surface area (Å²) in [5.74, 6) is -0.549. The van der Waals surface area contributed by atoms with Crippen LogP contribution >= 0.6 is 0 Å². The van der Waals surface area contributed by atoms with Crippen LogP contribution in [0.1, 0.15) is 13.3 Å². The molecule has 9 heavy (non-hydrogen) atoms. The van der Waals surface area contributed by atoms with Crippen LogP contribution < -0.4 is 0 Å². The number of hydrogen-bond donors (Lipinski definition) is 0. The SMILES string of the molecule is CC(=O)CC(=O)O[CH2][Na]. The van der Waals surface area contributed by atoms with Gasteiger partial charge < -0.3 is 0 Å². The summed E-state index contributed by atoms with van der Waals surface area (Å²) in [4.78, 5) is 20.7. The molecule has 0 amide bonds. The molecule has 0 aliphatic carbocycles. The van der Waals surface area contributed by atoms with Crippen LogP contribution in [0.5, 0.6) is 0 Å². The molecule has 0 atom stereocenters. The van der Waals surface area contributed by atoms with Gasteiger partial charge in [-0.2, -0.15) is 0 Å². The van der Waals surface area contributed by atoms with E-state index in [1.807, 2.05) is 0 Å². The Hall–Kier alpha value is 0.140. The number of carbonyl (C=O) groups excluding carboxylic acids is 2. The van der Waals surface area contributed by atoms with E-state index in [1.165, 1.54) is 6.92 Å². The van der Waals surface area contributed by atoms with Crippen LogP contribution in [0, 0.1) is 0 Å². The van der Waals surface area contributed by atoms with Crippen LogP contribution in [0.2, 0.25) is 0 Å². The first kappa shape index (κ1) is 9.14. The van der Waals surface area contributed by atoms with Gasteiger partial charge in [-0.05, 0) is 0 Å². The van der Waals surface area contributed by atoms with Gasteiger partial charge in [0.25, 0.3) is 0 Å². The minimum atomic E-state index is -0.405. The maximum atomic E-state index is 10.4. The fourth-order valence-corrected chi connectivity index (χ4v) is 0.737. The molecule has 0 aromatic carbocycles. The summed E-state index contributed by atoms with van der Waals surface area (Å²) >= 11 is 0.833. The van der Waals surface area contributed by atoms with E-state index in [4.69, 9.17) is 0 Å². The van der Waals surface area contributed by atoms with Gasteiger partial charge in [-0.15, -0.1) is 0 Å². The number of esters is 1. The summed E-state index contributed by atoms with van der Waals surface area (Å²) in [6.07, 6.45) is -0.0811. The molecule has 46 valence electrons. The summed E-state index contributed by atoms with van der Waals surface area (Å²) in [7, 11) is 0. The van der Waals surface area contributed by atoms with E-state index in [0.717, 1.165) is 27.9 Å². The molecule has 0 aromatic rings. The second kappa shape index (κ2) is 4.97. The Kier molecular flexibility index (Phi) is 5.04. The molecular formula is C5H7NaO3. The third-order valence-corrected chi connectivity index (χ3v) is 0.987. The number of carbonyl (C=O) groups is 2. The van der Waals surface area contributed by atoms with E-state index in [9.17, 15) is 9.59 Å². The number of Topliss-reactive ketones (excluding diaryl/α,β-unsaturated/α-hetero) is 1. The summed E-state index contributed by atoms with van der Waals surface area (Å²) in [5.41, 5.74) is 0. The van der Waals surface area contributed by atoms with Crippen LogP contribution in [-0.2, 0) is 14.3 Å². The zero-order valence-electron chi connectivity index (χ0n) is 5.64. The van der Waals surface area contributed by atoms with Crippen molar-refractivity contribution in [2.45, 2.75) is 13.3 Å². The number of rotatable bonds is 3. The predicted octanol–water partition coefficient (Wildman–Crippen LogP) is -0.365. The van der Waals surface area contributed by atoms with Crippen LogP contribution in [0.25, 0.3) is 0 Å². The van der Waals surface area contributed by atoms with Crippen molar-refractivity contribution in [3.63, 3.8) is 0 Å². The second-order valence-electron chi connectivity index (χ2n) is 1.68. The van der Waals surface area contributed by atoms with Crippen molar-refractivity contribution in [2.75, 3.05) is 3.86 Å². The van der Waals surface area contributed by atoms with Crippen molar-refractivity contribution >= 4 is 39.7 Å². The Morgan fingerprint density at radius 3 is 2.44 bits per heavy atom. The third kappa shape index (κ3) is 6.02.